The molecule has 1 heterocycles. The molecule has 0 bridgehead atoms. The maximum absolute atomic E-state index is 9.42. The van der Waals surface area contributed by atoms with E-state index < -0.39 is 6.29 Å². The smallest absolute Gasteiger partial charge is 0.155 e. The van der Waals surface area contributed by atoms with E-state index in [1.165, 1.54) is 25.7 Å². The Bertz CT molecular complexity index is 170. The molecule has 1 rings (SSSR count). The van der Waals surface area contributed by atoms with Gasteiger partial charge in [0.25, 0.3) is 0 Å². The Labute approximate surface area is 87.7 Å². The fraction of sp³-hybridized carbons (Fsp3) is 1.00. The van der Waals surface area contributed by atoms with E-state index in [2.05, 4.69) is 20.8 Å². The topological polar surface area (TPSA) is 29.5 Å². The van der Waals surface area contributed by atoms with E-state index in [0.717, 1.165) is 12.8 Å². The van der Waals surface area contributed by atoms with Gasteiger partial charge in [0.1, 0.15) is 0 Å². The van der Waals surface area contributed by atoms with Crippen molar-refractivity contribution in [3.05, 3.63) is 0 Å². The molecule has 1 saturated heterocycles. The van der Waals surface area contributed by atoms with Crippen LogP contribution in [-0.4, -0.2) is 17.0 Å². The van der Waals surface area contributed by atoms with Gasteiger partial charge in [-0.2, -0.15) is 0 Å². The molecule has 0 aromatic carbocycles. The van der Waals surface area contributed by atoms with Gasteiger partial charge in [0.05, 0.1) is 5.60 Å². The van der Waals surface area contributed by atoms with E-state index in [9.17, 15) is 5.11 Å². The van der Waals surface area contributed by atoms with Gasteiger partial charge in [0.15, 0.2) is 6.29 Å². The first-order valence-corrected chi connectivity index (χ1v) is 5.94. The molecular weight excluding hydrogens is 176 g/mol. The first-order chi connectivity index (χ1) is 6.58. The fourth-order valence-electron chi connectivity index (χ4n) is 2.23. The molecule has 0 saturated carbocycles. The van der Waals surface area contributed by atoms with Gasteiger partial charge < -0.3 is 9.84 Å². The molecule has 0 radical (unpaired) electrons. The second-order valence-electron chi connectivity index (χ2n) is 4.83. The van der Waals surface area contributed by atoms with E-state index in [4.69, 9.17) is 4.74 Å². The lowest BCUT2D eigenvalue weighted by atomic mass is 9.86. The first kappa shape index (κ1) is 12.0. The first-order valence-electron chi connectivity index (χ1n) is 5.94. The average molecular weight is 200 g/mol. The minimum Gasteiger partial charge on any atom is -0.368 e. The largest absolute Gasteiger partial charge is 0.368 e. The van der Waals surface area contributed by atoms with Crippen LogP contribution >= 0.6 is 0 Å². The number of ether oxygens (including phenoxy) is 1. The van der Waals surface area contributed by atoms with Crippen molar-refractivity contribution in [2.24, 2.45) is 5.92 Å². The van der Waals surface area contributed by atoms with Crippen LogP contribution < -0.4 is 0 Å². The predicted molar refractivity (Wildman–Crippen MR) is 58.0 cm³/mol. The Morgan fingerprint density at radius 1 is 1.36 bits per heavy atom. The van der Waals surface area contributed by atoms with Crippen LogP contribution in [-0.2, 0) is 4.74 Å². The van der Waals surface area contributed by atoms with Crippen molar-refractivity contribution in [1.82, 2.24) is 0 Å². The number of rotatable bonds is 5. The fourth-order valence-corrected chi connectivity index (χ4v) is 2.23. The van der Waals surface area contributed by atoms with Gasteiger partial charge in [-0.05, 0) is 19.3 Å². The van der Waals surface area contributed by atoms with Gasteiger partial charge in [-0.15, -0.1) is 0 Å². The molecule has 2 heteroatoms. The van der Waals surface area contributed by atoms with Crippen molar-refractivity contribution in [1.29, 1.82) is 0 Å². The van der Waals surface area contributed by atoms with Gasteiger partial charge in [-0.1, -0.05) is 39.5 Å². The van der Waals surface area contributed by atoms with Crippen LogP contribution in [0.2, 0.25) is 0 Å². The van der Waals surface area contributed by atoms with Crippen LogP contribution in [0.3, 0.4) is 0 Å². The Morgan fingerprint density at radius 3 is 2.57 bits per heavy atom. The summed E-state index contributed by atoms with van der Waals surface area (Å²) >= 11 is 0. The lowest BCUT2D eigenvalue weighted by molar-refractivity contribution is -0.138. The van der Waals surface area contributed by atoms with Crippen LogP contribution in [0.15, 0.2) is 0 Å². The molecule has 1 N–H and O–H groups in total. The molecule has 1 aliphatic rings. The molecule has 3 atom stereocenters. The molecule has 0 aromatic heterocycles. The average Bonchev–Trinajstić information content (AvgIpc) is 2.36. The third-order valence-corrected chi connectivity index (χ3v) is 3.53. The summed E-state index contributed by atoms with van der Waals surface area (Å²) in [4.78, 5) is 0. The molecule has 3 unspecified atom stereocenters. The normalized spacial score (nSPS) is 37.7. The molecule has 0 aromatic rings. The summed E-state index contributed by atoms with van der Waals surface area (Å²) in [5, 5.41) is 9.42. The Hall–Kier alpha value is -0.0800. The van der Waals surface area contributed by atoms with Crippen LogP contribution in [0, 0.1) is 5.92 Å². The molecule has 14 heavy (non-hydrogen) atoms. The maximum atomic E-state index is 9.42. The molecule has 0 aliphatic carbocycles. The van der Waals surface area contributed by atoms with E-state index in [1.807, 2.05) is 0 Å². The summed E-state index contributed by atoms with van der Waals surface area (Å²) in [5.74, 6) is 0.485. The Kier molecular flexibility index (Phi) is 4.39. The zero-order valence-electron chi connectivity index (χ0n) is 9.75. The Morgan fingerprint density at radius 2 is 2.07 bits per heavy atom. The van der Waals surface area contributed by atoms with E-state index in [1.54, 1.807) is 0 Å². The van der Waals surface area contributed by atoms with Gasteiger partial charge >= 0.3 is 0 Å². The highest BCUT2D eigenvalue weighted by Gasteiger charge is 2.40. The third kappa shape index (κ3) is 2.96. The molecule has 1 fully saturated rings. The molecular formula is C12H24O2. The molecule has 84 valence electrons. The lowest BCUT2D eigenvalue weighted by Gasteiger charge is -2.28. The van der Waals surface area contributed by atoms with Crippen molar-refractivity contribution in [2.45, 2.75) is 71.2 Å². The summed E-state index contributed by atoms with van der Waals surface area (Å²) in [6.07, 6.45) is 6.46. The van der Waals surface area contributed by atoms with Crippen LogP contribution in [0.25, 0.3) is 0 Å². The predicted octanol–water partition coefficient (Wildman–Crippen LogP) is 3.09. The van der Waals surface area contributed by atoms with Gasteiger partial charge in [-0.25, -0.2) is 0 Å². The van der Waals surface area contributed by atoms with Crippen molar-refractivity contribution >= 4 is 0 Å². The lowest BCUT2D eigenvalue weighted by Crippen LogP contribution is -2.30. The van der Waals surface area contributed by atoms with E-state index >= 15 is 0 Å². The number of hydrogen-bond acceptors (Lipinski definition) is 2. The summed E-state index contributed by atoms with van der Waals surface area (Å²) in [6, 6.07) is 0. The zero-order chi connectivity index (χ0) is 10.6. The number of aliphatic hydroxyl groups is 1. The quantitative estimate of drug-likeness (QED) is 0.691. The summed E-state index contributed by atoms with van der Waals surface area (Å²) in [7, 11) is 0. The highest BCUT2D eigenvalue weighted by Crippen LogP contribution is 2.38. The van der Waals surface area contributed by atoms with Crippen molar-refractivity contribution in [2.75, 3.05) is 0 Å². The third-order valence-electron chi connectivity index (χ3n) is 3.53. The monoisotopic (exact) mass is 200 g/mol. The zero-order valence-corrected chi connectivity index (χ0v) is 9.75. The number of unbranched alkanes of at least 4 members (excludes halogenated alkanes) is 3. The van der Waals surface area contributed by atoms with Crippen LogP contribution in [0.4, 0.5) is 0 Å². The van der Waals surface area contributed by atoms with Crippen LogP contribution in [0.5, 0.6) is 0 Å². The second kappa shape index (κ2) is 5.13. The minimum atomic E-state index is -0.527. The summed E-state index contributed by atoms with van der Waals surface area (Å²) < 4.78 is 5.60. The van der Waals surface area contributed by atoms with E-state index in [0.29, 0.717) is 5.92 Å². The van der Waals surface area contributed by atoms with Crippen LogP contribution in [0.1, 0.15) is 59.3 Å². The second-order valence-corrected chi connectivity index (χ2v) is 4.83. The molecule has 1 aliphatic heterocycles. The number of aliphatic hydroxyl groups excluding tert-OH is 1. The van der Waals surface area contributed by atoms with Gasteiger partial charge in [0, 0.05) is 6.42 Å². The summed E-state index contributed by atoms with van der Waals surface area (Å²) in [6.45, 7) is 6.54. The molecule has 0 spiro atoms. The number of hydrogen-bond donors (Lipinski definition) is 1. The molecule has 0 amide bonds. The van der Waals surface area contributed by atoms with Crippen molar-refractivity contribution in [3.8, 4) is 0 Å². The van der Waals surface area contributed by atoms with Crippen molar-refractivity contribution in [3.63, 3.8) is 0 Å². The maximum Gasteiger partial charge on any atom is 0.155 e. The Balaban J connectivity index is 2.27. The van der Waals surface area contributed by atoms with Gasteiger partial charge in [-0.3, -0.25) is 0 Å². The van der Waals surface area contributed by atoms with Crippen molar-refractivity contribution < 1.29 is 9.84 Å². The van der Waals surface area contributed by atoms with E-state index in [-0.39, 0.29) is 5.60 Å². The minimum absolute atomic E-state index is 0.0762. The molecule has 2 nitrogen and oxygen atoms in total. The summed E-state index contributed by atoms with van der Waals surface area (Å²) in [5.41, 5.74) is -0.0762. The van der Waals surface area contributed by atoms with Gasteiger partial charge in [0.2, 0.25) is 0 Å². The SMILES string of the molecule is CCCCCCC1(C)OC(O)CC1C. The highest BCUT2D eigenvalue weighted by molar-refractivity contribution is 4.87. The highest BCUT2D eigenvalue weighted by atomic mass is 16.6. The standard InChI is InChI=1S/C12H24O2/c1-4-5-6-7-8-12(3)10(2)9-11(13)14-12/h10-11,13H,4-9H2,1-3H3.